The van der Waals surface area contributed by atoms with Gasteiger partial charge in [0.2, 0.25) is 0 Å². The first-order valence-electron chi connectivity index (χ1n) is 8.19. The highest BCUT2D eigenvalue weighted by Crippen LogP contribution is 2.50. The van der Waals surface area contributed by atoms with E-state index < -0.39 is 10.9 Å². The van der Waals surface area contributed by atoms with Crippen molar-refractivity contribution >= 4 is 10.9 Å². The molecule has 2 atom stereocenters. The molecule has 0 amide bonds. The first-order valence-corrected chi connectivity index (χ1v) is 9.77. The predicted octanol–water partition coefficient (Wildman–Crippen LogP) is 5.09. The highest BCUT2D eigenvalue weighted by Gasteiger charge is 2.27. The molecule has 2 unspecified atom stereocenters. The van der Waals surface area contributed by atoms with Crippen molar-refractivity contribution in [3.63, 3.8) is 0 Å². The number of allylic oxidation sites excluding steroid dienone is 3. The Hall–Kier alpha value is -0.750. The number of ether oxygens (including phenoxy) is 1. The van der Waals surface area contributed by atoms with Crippen LogP contribution in [0.15, 0.2) is 36.6 Å². The summed E-state index contributed by atoms with van der Waals surface area (Å²) in [5.74, 6) is 2.02. The topological polar surface area (TPSA) is 36.9 Å². The van der Waals surface area contributed by atoms with Crippen LogP contribution >= 0.6 is 10.9 Å². The van der Waals surface area contributed by atoms with E-state index in [0.717, 1.165) is 18.4 Å². The van der Waals surface area contributed by atoms with Gasteiger partial charge in [-0.1, -0.05) is 31.7 Å². The Morgan fingerprint density at radius 3 is 2.30 bits per heavy atom. The van der Waals surface area contributed by atoms with E-state index in [1.54, 1.807) is 21.3 Å². The SMILES string of the molecule is C=C(/C=C\C(=C)OC1CCCC1CC)CCS(OC)(OC)OC. The zero-order valence-electron chi connectivity index (χ0n) is 15.0. The van der Waals surface area contributed by atoms with E-state index >= 15 is 0 Å². The van der Waals surface area contributed by atoms with Crippen LogP contribution < -0.4 is 0 Å². The van der Waals surface area contributed by atoms with Gasteiger partial charge < -0.3 is 4.74 Å². The maximum atomic E-state index is 5.98. The molecule has 0 spiro atoms. The minimum absolute atomic E-state index is 0.318. The van der Waals surface area contributed by atoms with Gasteiger partial charge in [-0.25, -0.2) is 0 Å². The fourth-order valence-electron chi connectivity index (χ4n) is 2.86. The Morgan fingerprint density at radius 2 is 1.74 bits per heavy atom. The molecule has 0 aromatic rings. The molecule has 0 N–H and O–H groups in total. The van der Waals surface area contributed by atoms with Gasteiger partial charge in [-0.3, -0.25) is 12.5 Å². The van der Waals surface area contributed by atoms with Gasteiger partial charge in [0.05, 0.1) is 38.0 Å². The normalized spacial score (nSPS) is 22.4. The fraction of sp³-hybridized carbons (Fsp3) is 0.667. The van der Waals surface area contributed by atoms with Gasteiger partial charge in [0.1, 0.15) is 11.9 Å². The third-order valence-corrected chi connectivity index (χ3v) is 6.58. The summed E-state index contributed by atoms with van der Waals surface area (Å²) < 4.78 is 22.1. The molecule has 1 aliphatic carbocycles. The van der Waals surface area contributed by atoms with Crippen LogP contribution in [-0.2, 0) is 17.3 Å². The lowest BCUT2D eigenvalue weighted by Crippen LogP contribution is -2.16. The van der Waals surface area contributed by atoms with Crippen LogP contribution in [0.5, 0.6) is 0 Å². The minimum Gasteiger partial charge on any atom is -0.491 e. The minimum atomic E-state index is -1.92. The second kappa shape index (κ2) is 10.2. The van der Waals surface area contributed by atoms with E-state index in [0.29, 0.717) is 23.5 Å². The van der Waals surface area contributed by atoms with Crippen LogP contribution in [0.4, 0.5) is 0 Å². The summed E-state index contributed by atoms with van der Waals surface area (Å²) >= 11 is 0. The highest BCUT2D eigenvalue weighted by molar-refractivity contribution is 8.21. The molecule has 0 radical (unpaired) electrons. The summed E-state index contributed by atoms with van der Waals surface area (Å²) in [5.41, 5.74) is 0.969. The molecule has 0 aromatic carbocycles. The summed E-state index contributed by atoms with van der Waals surface area (Å²) in [5, 5.41) is 0. The standard InChI is InChI=1S/C18H32O4S/c1-7-17-9-8-10-18(17)22-16(3)12-11-15(2)13-14-23(19-4,20-5)21-6/h11-12,17-18H,2-3,7-10,13-14H2,1,4-6H3/b12-11-. The lowest BCUT2D eigenvalue weighted by atomic mass is 10.0. The molecule has 1 rings (SSSR count). The van der Waals surface area contributed by atoms with Gasteiger partial charge >= 0.3 is 0 Å². The Bertz CT molecular complexity index is 407. The van der Waals surface area contributed by atoms with Crippen LogP contribution in [0.25, 0.3) is 0 Å². The molecule has 0 bridgehead atoms. The zero-order valence-corrected chi connectivity index (χ0v) is 15.8. The summed E-state index contributed by atoms with van der Waals surface area (Å²) in [6.45, 7) is 10.3. The Kier molecular flexibility index (Phi) is 8.99. The smallest absolute Gasteiger partial charge is 0.112 e. The van der Waals surface area contributed by atoms with Gasteiger partial charge in [0.25, 0.3) is 0 Å². The number of hydrogen-bond donors (Lipinski definition) is 0. The van der Waals surface area contributed by atoms with E-state index in [2.05, 4.69) is 20.1 Å². The molecule has 5 heteroatoms. The van der Waals surface area contributed by atoms with Crippen molar-refractivity contribution in [3.05, 3.63) is 36.6 Å². The van der Waals surface area contributed by atoms with E-state index in [4.69, 9.17) is 17.3 Å². The third-order valence-electron chi connectivity index (χ3n) is 4.36. The molecule has 0 saturated heterocycles. The third kappa shape index (κ3) is 6.34. The predicted molar refractivity (Wildman–Crippen MR) is 98.0 cm³/mol. The summed E-state index contributed by atoms with van der Waals surface area (Å²) in [7, 11) is 2.88. The van der Waals surface area contributed by atoms with Crippen LogP contribution in [-0.4, -0.2) is 33.2 Å². The quantitative estimate of drug-likeness (QED) is 0.386. The average molecular weight is 345 g/mol. The Balaban J connectivity index is 2.41. The van der Waals surface area contributed by atoms with Gasteiger partial charge in [0, 0.05) is 0 Å². The molecular weight excluding hydrogens is 312 g/mol. The van der Waals surface area contributed by atoms with Gasteiger partial charge in [-0.2, -0.15) is 0 Å². The summed E-state index contributed by atoms with van der Waals surface area (Å²) in [6, 6.07) is 0. The van der Waals surface area contributed by atoms with Crippen molar-refractivity contribution in [3.8, 4) is 0 Å². The number of rotatable bonds is 11. The molecule has 1 aliphatic rings. The van der Waals surface area contributed by atoms with E-state index in [1.807, 2.05) is 12.2 Å². The van der Waals surface area contributed by atoms with Crippen LogP contribution in [0.2, 0.25) is 0 Å². The maximum Gasteiger partial charge on any atom is 0.112 e. The molecule has 1 saturated carbocycles. The van der Waals surface area contributed by atoms with Gasteiger partial charge in [0.15, 0.2) is 0 Å². The van der Waals surface area contributed by atoms with Crippen molar-refractivity contribution < 1.29 is 17.3 Å². The first-order chi connectivity index (χ1) is 11.0. The second-order valence-corrected chi connectivity index (χ2v) is 8.25. The molecular formula is C18H32O4S. The average Bonchev–Trinajstić information content (AvgIpc) is 3.01. The molecule has 134 valence electrons. The molecule has 0 aromatic heterocycles. The largest absolute Gasteiger partial charge is 0.491 e. The molecule has 4 nitrogen and oxygen atoms in total. The van der Waals surface area contributed by atoms with E-state index in [9.17, 15) is 0 Å². The van der Waals surface area contributed by atoms with Crippen LogP contribution in [0.3, 0.4) is 0 Å². The van der Waals surface area contributed by atoms with Crippen molar-refractivity contribution in [1.82, 2.24) is 0 Å². The molecule has 1 fully saturated rings. The van der Waals surface area contributed by atoms with Crippen LogP contribution in [0.1, 0.15) is 39.0 Å². The van der Waals surface area contributed by atoms with Gasteiger partial charge in [-0.15, -0.1) is 0 Å². The maximum absolute atomic E-state index is 5.98. The summed E-state index contributed by atoms with van der Waals surface area (Å²) in [4.78, 5) is 0. The van der Waals surface area contributed by atoms with E-state index in [1.165, 1.54) is 19.3 Å². The van der Waals surface area contributed by atoms with Crippen LogP contribution in [0, 0.1) is 5.92 Å². The number of hydrogen-bond acceptors (Lipinski definition) is 4. The second-order valence-electron chi connectivity index (χ2n) is 5.73. The molecule has 0 heterocycles. The first kappa shape index (κ1) is 20.3. The van der Waals surface area contributed by atoms with Crippen molar-refractivity contribution in [2.75, 3.05) is 27.1 Å². The Morgan fingerprint density at radius 1 is 1.09 bits per heavy atom. The van der Waals surface area contributed by atoms with Crippen molar-refractivity contribution in [1.29, 1.82) is 0 Å². The Labute approximate surface area is 143 Å². The molecule has 0 aliphatic heterocycles. The summed E-state index contributed by atoms with van der Waals surface area (Å²) in [6.07, 6.45) is 9.72. The monoisotopic (exact) mass is 344 g/mol. The zero-order chi connectivity index (χ0) is 17.3. The fourth-order valence-corrected chi connectivity index (χ4v) is 4.28. The van der Waals surface area contributed by atoms with Gasteiger partial charge in [-0.05, 0) is 44.1 Å². The molecule has 23 heavy (non-hydrogen) atoms. The highest BCUT2D eigenvalue weighted by atomic mass is 32.3. The lowest BCUT2D eigenvalue weighted by molar-refractivity contribution is 0.0902. The lowest BCUT2D eigenvalue weighted by Gasteiger charge is -2.33. The van der Waals surface area contributed by atoms with E-state index in [-0.39, 0.29) is 0 Å². The van der Waals surface area contributed by atoms with Crippen molar-refractivity contribution in [2.24, 2.45) is 5.92 Å². The van der Waals surface area contributed by atoms with Crippen molar-refractivity contribution in [2.45, 2.75) is 45.1 Å².